The lowest BCUT2D eigenvalue weighted by Crippen LogP contribution is -2.16. The van der Waals surface area contributed by atoms with E-state index >= 15 is 0 Å². The summed E-state index contributed by atoms with van der Waals surface area (Å²) in [5, 5.41) is 11.9. The fourth-order valence-electron chi connectivity index (χ4n) is 2.12. The quantitative estimate of drug-likeness (QED) is 0.876. The van der Waals surface area contributed by atoms with Crippen LogP contribution in [0.1, 0.15) is 35.1 Å². The Kier molecular flexibility index (Phi) is 3.42. The van der Waals surface area contributed by atoms with Crippen molar-refractivity contribution in [1.82, 2.24) is 0 Å². The first-order chi connectivity index (χ1) is 9.65. The Labute approximate surface area is 115 Å². The SMILES string of the molecule is O=C(O)c1ccc(NC(=O)C2CC2)c(C2OCCO2)c1. The monoisotopic (exact) mass is 277 g/mol. The van der Waals surface area contributed by atoms with Crippen molar-refractivity contribution in [3.8, 4) is 0 Å². The van der Waals surface area contributed by atoms with Crippen LogP contribution in [0.15, 0.2) is 18.2 Å². The second-order valence-electron chi connectivity index (χ2n) is 4.94. The summed E-state index contributed by atoms with van der Waals surface area (Å²) in [6.07, 6.45) is 1.19. The molecule has 2 N–H and O–H groups in total. The zero-order chi connectivity index (χ0) is 14.1. The summed E-state index contributed by atoms with van der Waals surface area (Å²) in [7, 11) is 0. The zero-order valence-corrected chi connectivity index (χ0v) is 10.8. The highest BCUT2D eigenvalue weighted by atomic mass is 16.7. The molecule has 106 valence electrons. The molecule has 1 aromatic rings. The number of nitrogens with one attached hydrogen (secondary N) is 1. The fraction of sp³-hybridized carbons (Fsp3) is 0.429. The molecule has 1 amide bonds. The van der Waals surface area contributed by atoms with Crippen molar-refractivity contribution in [2.24, 2.45) is 5.92 Å². The molecule has 1 aliphatic carbocycles. The molecule has 1 saturated heterocycles. The molecular weight excluding hydrogens is 262 g/mol. The van der Waals surface area contributed by atoms with Gasteiger partial charge in [0.05, 0.1) is 18.8 Å². The van der Waals surface area contributed by atoms with Gasteiger partial charge in [-0.15, -0.1) is 0 Å². The summed E-state index contributed by atoms with van der Waals surface area (Å²) in [6, 6.07) is 4.54. The van der Waals surface area contributed by atoms with Gasteiger partial charge in [0.2, 0.25) is 5.91 Å². The number of rotatable bonds is 4. The van der Waals surface area contributed by atoms with E-state index in [0.717, 1.165) is 12.8 Å². The second kappa shape index (κ2) is 5.22. The summed E-state index contributed by atoms with van der Waals surface area (Å²) >= 11 is 0. The van der Waals surface area contributed by atoms with E-state index < -0.39 is 12.3 Å². The minimum absolute atomic E-state index is 0.0349. The van der Waals surface area contributed by atoms with E-state index in [4.69, 9.17) is 14.6 Å². The summed E-state index contributed by atoms with van der Waals surface area (Å²) < 4.78 is 10.8. The number of anilines is 1. The molecule has 0 unspecified atom stereocenters. The average Bonchev–Trinajstić information content (AvgIpc) is 3.15. The van der Waals surface area contributed by atoms with Crippen LogP contribution in [-0.2, 0) is 14.3 Å². The molecule has 1 aromatic carbocycles. The molecular formula is C14H15NO5. The van der Waals surface area contributed by atoms with Crippen LogP contribution >= 0.6 is 0 Å². The molecule has 0 bridgehead atoms. The number of aromatic carboxylic acids is 1. The van der Waals surface area contributed by atoms with E-state index in [-0.39, 0.29) is 17.4 Å². The van der Waals surface area contributed by atoms with Gasteiger partial charge in [-0.2, -0.15) is 0 Å². The number of hydrogen-bond acceptors (Lipinski definition) is 4. The van der Waals surface area contributed by atoms with Gasteiger partial charge >= 0.3 is 5.97 Å². The van der Waals surface area contributed by atoms with E-state index in [9.17, 15) is 9.59 Å². The van der Waals surface area contributed by atoms with Crippen LogP contribution in [0.4, 0.5) is 5.69 Å². The molecule has 3 rings (SSSR count). The van der Waals surface area contributed by atoms with Crippen LogP contribution in [0.25, 0.3) is 0 Å². The molecule has 2 fully saturated rings. The van der Waals surface area contributed by atoms with E-state index in [0.29, 0.717) is 24.5 Å². The Hall–Kier alpha value is -1.92. The Balaban J connectivity index is 1.89. The number of carbonyl (C=O) groups is 2. The zero-order valence-electron chi connectivity index (χ0n) is 10.8. The summed E-state index contributed by atoms with van der Waals surface area (Å²) in [6.45, 7) is 0.913. The van der Waals surface area contributed by atoms with Gasteiger partial charge in [-0.3, -0.25) is 4.79 Å². The molecule has 6 heteroatoms. The van der Waals surface area contributed by atoms with Gasteiger partial charge in [0, 0.05) is 17.2 Å². The molecule has 2 aliphatic rings. The molecule has 1 heterocycles. The number of amides is 1. The third-order valence-corrected chi connectivity index (χ3v) is 3.38. The summed E-state index contributed by atoms with van der Waals surface area (Å²) in [4.78, 5) is 22.9. The topological polar surface area (TPSA) is 84.9 Å². The van der Waals surface area contributed by atoms with Gasteiger partial charge in [-0.1, -0.05) is 0 Å². The standard InChI is InChI=1S/C14H15NO5/c16-12(8-1-2-8)15-11-4-3-9(13(17)18)7-10(11)14-19-5-6-20-14/h3-4,7-8,14H,1-2,5-6H2,(H,15,16)(H,17,18). The van der Waals surface area contributed by atoms with E-state index in [1.54, 1.807) is 6.07 Å². The Morgan fingerprint density at radius 3 is 2.50 bits per heavy atom. The molecule has 20 heavy (non-hydrogen) atoms. The maximum atomic E-state index is 11.9. The minimum atomic E-state index is -1.02. The van der Waals surface area contributed by atoms with Gasteiger partial charge in [0.1, 0.15) is 0 Å². The van der Waals surface area contributed by atoms with Crippen LogP contribution in [-0.4, -0.2) is 30.2 Å². The Morgan fingerprint density at radius 1 is 1.20 bits per heavy atom. The molecule has 1 saturated carbocycles. The first-order valence-corrected chi connectivity index (χ1v) is 6.56. The second-order valence-corrected chi connectivity index (χ2v) is 4.94. The molecule has 1 aliphatic heterocycles. The third kappa shape index (κ3) is 2.66. The highest BCUT2D eigenvalue weighted by Crippen LogP contribution is 2.34. The van der Waals surface area contributed by atoms with Crippen molar-refractivity contribution < 1.29 is 24.2 Å². The smallest absolute Gasteiger partial charge is 0.335 e. The number of carbonyl (C=O) groups excluding carboxylic acids is 1. The van der Waals surface area contributed by atoms with Gasteiger partial charge in [0.25, 0.3) is 0 Å². The van der Waals surface area contributed by atoms with Gasteiger partial charge < -0.3 is 19.9 Å². The van der Waals surface area contributed by atoms with Gasteiger partial charge in [-0.25, -0.2) is 4.79 Å². The van der Waals surface area contributed by atoms with Crippen molar-refractivity contribution in [1.29, 1.82) is 0 Å². The van der Waals surface area contributed by atoms with Crippen LogP contribution in [0, 0.1) is 5.92 Å². The minimum Gasteiger partial charge on any atom is -0.478 e. The van der Waals surface area contributed by atoms with Crippen molar-refractivity contribution in [3.05, 3.63) is 29.3 Å². The fourth-order valence-corrected chi connectivity index (χ4v) is 2.12. The van der Waals surface area contributed by atoms with Crippen molar-refractivity contribution in [2.45, 2.75) is 19.1 Å². The van der Waals surface area contributed by atoms with Crippen LogP contribution < -0.4 is 5.32 Å². The highest BCUT2D eigenvalue weighted by molar-refractivity contribution is 5.96. The number of benzene rings is 1. The lowest BCUT2D eigenvalue weighted by molar-refractivity contribution is -0.117. The Morgan fingerprint density at radius 2 is 1.90 bits per heavy atom. The molecule has 0 atom stereocenters. The van der Waals surface area contributed by atoms with E-state index in [2.05, 4.69) is 5.32 Å². The van der Waals surface area contributed by atoms with Crippen molar-refractivity contribution in [3.63, 3.8) is 0 Å². The lowest BCUT2D eigenvalue weighted by Gasteiger charge is -2.16. The van der Waals surface area contributed by atoms with Crippen molar-refractivity contribution >= 4 is 17.6 Å². The van der Waals surface area contributed by atoms with Crippen LogP contribution in [0.3, 0.4) is 0 Å². The molecule has 0 spiro atoms. The summed E-state index contributed by atoms with van der Waals surface area (Å²) in [5.41, 5.74) is 1.25. The van der Waals surface area contributed by atoms with E-state index in [1.165, 1.54) is 12.1 Å². The van der Waals surface area contributed by atoms with E-state index in [1.807, 2.05) is 0 Å². The maximum absolute atomic E-state index is 11.9. The first-order valence-electron chi connectivity index (χ1n) is 6.56. The number of carboxylic acids is 1. The molecule has 0 aromatic heterocycles. The number of ether oxygens (including phenoxy) is 2. The third-order valence-electron chi connectivity index (χ3n) is 3.38. The maximum Gasteiger partial charge on any atom is 0.335 e. The van der Waals surface area contributed by atoms with Gasteiger partial charge in [-0.05, 0) is 31.0 Å². The predicted octanol–water partition coefficient (Wildman–Crippen LogP) is 1.78. The average molecular weight is 277 g/mol. The van der Waals surface area contributed by atoms with Crippen LogP contribution in [0.5, 0.6) is 0 Å². The molecule has 6 nitrogen and oxygen atoms in total. The highest BCUT2D eigenvalue weighted by Gasteiger charge is 2.31. The predicted molar refractivity (Wildman–Crippen MR) is 69.4 cm³/mol. The van der Waals surface area contributed by atoms with Crippen LogP contribution in [0.2, 0.25) is 0 Å². The number of hydrogen-bond donors (Lipinski definition) is 2. The first kappa shape index (κ1) is 13.1. The van der Waals surface area contributed by atoms with Gasteiger partial charge in [0.15, 0.2) is 6.29 Å². The lowest BCUT2D eigenvalue weighted by atomic mass is 10.1. The number of carboxylic acid groups (broad SMARTS) is 1. The summed E-state index contributed by atoms with van der Waals surface area (Å²) in [5.74, 6) is -0.982. The largest absolute Gasteiger partial charge is 0.478 e. The van der Waals surface area contributed by atoms with Crippen molar-refractivity contribution in [2.75, 3.05) is 18.5 Å². The normalized spacial score (nSPS) is 19.0. The molecule has 0 radical (unpaired) electrons. The Bertz CT molecular complexity index is 546.